The molecule has 0 saturated carbocycles. The minimum Gasteiger partial charge on any atom is -0.495 e. The molecule has 1 atom stereocenters. The number of nitrogens with zero attached hydrogens (tertiary/aromatic N) is 3. The number of hydrogen-bond acceptors (Lipinski definition) is 5. The van der Waals surface area contributed by atoms with Crippen molar-refractivity contribution in [1.29, 1.82) is 5.26 Å². The van der Waals surface area contributed by atoms with Gasteiger partial charge in [-0.2, -0.15) is 5.26 Å². The quantitative estimate of drug-likeness (QED) is 0.851. The van der Waals surface area contributed by atoms with Gasteiger partial charge in [0.05, 0.1) is 29.3 Å². The summed E-state index contributed by atoms with van der Waals surface area (Å²) in [5.41, 5.74) is 1.25. The molecule has 5 nitrogen and oxygen atoms in total. The number of hydrogen-bond donors (Lipinski definition) is 0. The van der Waals surface area contributed by atoms with Crippen LogP contribution in [-0.2, 0) is 10.8 Å². The molecule has 0 radical (unpaired) electrons. The molecular formula is C13H11N3O2S. The number of nitriles is 1. The van der Waals surface area contributed by atoms with Gasteiger partial charge in [-0.1, -0.05) is 6.07 Å². The van der Waals surface area contributed by atoms with Crippen molar-refractivity contribution in [2.75, 3.05) is 13.4 Å². The fourth-order valence-electron chi connectivity index (χ4n) is 1.66. The van der Waals surface area contributed by atoms with Gasteiger partial charge in [-0.15, -0.1) is 0 Å². The second kappa shape index (κ2) is 5.59. The Labute approximate surface area is 113 Å². The van der Waals surface area contributed by atoms with Gasteiger partial charge in [-0.25, -0.2) is 4.98 Å². The minimum atomic E-state index is -1.35. The predicted octanol–water partition coefficient (Wildman–Crippen LogP) is 1.76. The summed E-state index contributed by atoms with van der Waals surface area (Å²) in [7, 11) is 0.120. The van der Waals surface area contributed by atoms with Crippen molar-refractivity contribution in [3.05, 3.63) is 36.2 Å². The van der Waals surface area contributed by atoms with Crippen molar-refractivity contribution >= 4 is 10.8 Å². The summed E-state index contributed by atoms with van der Waals surface area (Å²) in [5.74, 6) is 0.382. The second-order valence-electron chi connectivity index (χ2n) is 3.67. The van der Waals surface area contributed by atoms with E-state index in [-0.39, 0.29) is 5.69 Å². The molecule has 0 aromatic carbocycles. The van der Waals surface area contributed by atoms with Gasteiger partial charge < -0.3 is 4.74 Å². The van der Waals surface area contributed by atoms with E-state index in [0.29, 0.717) is 22.0 Å². The van der Waals surface area contributed by atoms with Crippen molar-refractivity contribution in [2.24, 2.45) is 0 Å². The fourth-order valence-corrected chi connectivity index (χ4v) is 2.45. The molecule has 96 valence electrons. The molecule has 0 spiro atoms. The van der Waals surface area contributed by atoms with Gasteiger partial charge in [0.25, 0.3) is 0 Å². The summed E-state index contributed by atoms with van der Waals surface area (Å²) in [6, 6.07) is 8.99. The van der Waals surface area contributed by atoms with Crippen LogP contribution in [0.3, 0.4) is 0 Å². The van der Waals surface area contributed by atoms with E-state index in [2.05, 4.69) is 9.97 Å². The maximum absolute atomic E-state index is 11.7. The number of aromatic nitrogens is 2. The van der Waals surface area contributed by atoms with Crippen LogP contribution in [0.25, 0.3) is 11.4 Å². The molecule has 0 bridgehead atoms. The molecular weight excluding hydrogens is 262 g/mol. The summed E-state index contributed by atoms with van der Waals surface area (Å²) in [4.78, 5) is 8.68. The molecule has 0 aliphatic carbocycles. The van der Waals surface area contributed by atoms with Gasteiger partial charge in [0.1, 0.15) is 16.7 Å². The SMILES string of the molecule is COc1cc(-c2ccccn2)nc(C#N)c1[S@@](C)=O. The number of rotatable bonds is 3. The molecule has 0 amide bonds. The Morgan fingerprint density at radius 1 is 1.37 bits per heavy atom. The first-order valence-electron chi connectivity index (χ1n) is 5.41. The predicted molar refractivity (Wildman–Crippen MR) is 71.1 cm³/mol. The molecule has 6 heteroatoms. The number of pyridine rings is 2. The van der Waals surface area contributed by atoms with Crippen molar-refractivity contribution in [3.63, 3.8) is 0 Å². The normalized spacial score (nSPS) is 11.6. The number of methoxy groups -OCH3 is 1. The minimum absolute atomic E-state index is 0.0980. The van der Waals surface area contributed by atoms with Crippen LogP contribution >= 0.6 is 0 Å². The van der Waals surface area contributed by atoms with Gasteiger partial charge >= 0.3 is 0 Å². The molecule has 0 unspecified atom stereocenters. The highest BCUT2D eigenvalue weighted by Gasteiger charge is 2.17. The highest BCUT2D eigenvalue weighted by atomic mass is 32.2. The van der Waals surface area contributed by atoms with Crippen molar-refractivity contribution in [2.45, 2.75) is 4.90 Å². The Balaban J connectivity index is 2.68. The maximum Gasteiger partial charge on any atom is 0.161 e. The Morgan fingerprint density at radius 3 is 2.68 bits per heavy atom. The first-order valence-corrected chi connectivity index (χ1v) is 6.97. The van der Waals surface area contributed by atoms with E-state index in [1.807, 2.05) is 12.1 Å². The highest BCUT2D eigenvalue weighted by molar-refractivity contribution is 7.84. The second-order valence-corrected chi connectivity index (χ2v) is 4.98. The number of ether oxygens (including phenoxy) is 1. The topological polar surface area (TPSA) is 75.9 Å². The highest BCUT2D eigenvalue weighted by Crippen LogP contribution is 2.28. The lowest BCUT2D eigenvalue weighted by Crippen LogP contribution is -2.02. The van der Waals surface area contributed by atoms with Gasteiger partial charge in [0.15, 0.2) is 5.69 Å². The first kappa shape index (κ1) is 13.2. The smallest absolute Gasteiger partial charge is 0.161 e. The Kier molecular flexibility index (Phi) is 3.88. The van der Waals surface area contributed by atoms with E-state index >= 15 is 0 Å². The van der Waals surface area contributed by atoms with Crippen molar-refractivity contribution in [3.8, 4) is 23.2 Å². The monoisotopic (exact) mass is 273 g/mol. The van der Waals surface area contributed by atoms with Crippen molar-refractivity contribution < 1.29 is 8.95 Å². The average Bonchev–Trinajstić information content (AvgIpc) is 2.46. The molecule has 2 heterocycles. The van der Waals surface area contributed by atoms with E-state index in [4.69, 9.17) is 10.00 Å². The summed E-state index contributed by atoms with van der Waals surface area (Å²) in [6.45, 7) is 0. The lowest BCUT2D eigenvalue weighted by Gasteiger charge is -2.09. The third kappa shape index (κ3) is 2.61. The van der Waals surface area contributed by atoms with Crippen LogP contribution in [0.1, 0.15) is 5.69 Å². The zero-order chi connectivity index (χ0) is 13.8. The molecule has 0 fully saturated rings. The zero-order valence-corrected chi connectivity index (χ0v) is 11.3. The Morgan fingerprint density at radius 2 is 2.16 bits per heavy atom. The molecule has 0 aliphatic rings. The molecule has 2 aromatic heterocycles. The van der Waals surface area contributed by atoms with Gasteiger partial charge in [-0.05, 0) is 12.1 Å². The van der Waals surface area contributed by atoms with E-state index in [1.54, 1.807) is 24.4 Å². The van der Waals surface area contributed by atoms with E-state index in [1.165, 1.54) is 13.4 Å². The maximum atomic E-state index is 11.7. The average molecular weight is 273 g/mol. The van der Waals surface area contributed by atoms with Gasteiger partial charge in [-0.3, -0.25) is 9.19 Å². The molecule has 0 N–H and O–H groups in total. The molecule has 19 heavy (non-hydrogen) atoms. The Bertz CT molecular complexity index is 666. The summed E-state index contributed by atoms with van der Waals surface area (Å²) in [6.07, 6.45) is 3.13. The lowest BCUT2D eigenvalue weighted by molar-refractivity contribution is 0.403. The van der Waals surface area contributed by atoms with Crippen LogP contribution in [0.5, 0.6) is 5.75 Å². The van der Waals surface area contributed by atoms with E-state index in [0.717, 1.165) is 0 Å². The summed E-state index contributed by atoms with van der Waals surface area (Å²) < 4.78 is 16.9. The standard InChI is InChI=1S/C13H11N3O2S/c1-18-12-7-10(9-5-3-4-6-15-9)16-11(8-14)13(12)19(2)17/h3-7H,1-2H3/t19-/m1/s1. The zero-order valence-electron chi connectivity index (χ0n) is 10.5. The van der Waals surface area contributed by atoms with E-state index < -0.39 is 10.8 Å². The molecule has 2 aromatic rings. The lowest BCUT2D eigenvalue weighted by atomic mass is 10.2. The summed E-state index contributed by atoms with van der Waals surface area (Å²) >= 11 is 0. The van der Waals surface area contributed by atoms with Crippen LogP contribution in [0, 0.1) is 11.3 Å². The van der Waals surface area contributed by atoms with Gasteiger partial charge in [0, 0.05) is 18.5 Å². The first-order chi connectivity index (χ1) is 9.17. The van der Waals surface area contributed by atoms with Crippen LogP contribution < -0.4 is 4.74 Å². The van der Waals surface area contributed by atoms with Gasteiger partial charge in [0.2, 0.25) is 0 Å². The molecule has 0 saturated heterocycles. The largest absolute Gasteiger partial charge is 0.495 e. The molecule has 0 aliphatic heterocycles. The van der Waals surface area contributed by atoms with Crippen molar-refractivity contribution in [1.82, 2.24) is 9.97 Å². The third-order valence-corrected chi connectivity index (χ3v) is 3.45. The van der Waals surface area contributed by atoms with Crippen LogP contribution in [0.2, 0.25) is 0 Å². The van der Waals surface area contributed by atoms with Crippen LogP contribution in [-0.4, -0.2) is 27.5 Å². The van der Waals surface area contributed by atoms with Crippen LogP contribution in [0.15, 0.2) is 35.4 Å². The fraction of sp³-hybridized carbons (Fsp3) is 0.154. The van der Waals surface area contributed by atoms with Crippen LogP contribution in [0.4, 0.5) is 0 Å². The molecule has 2 rings (SSSR count). The summed E-state index contributed by atoms with van der Waals surface area (Å²) in [5, 5.41) is 9.14. The third-order valence-electron chi connectivity index (χ3n) is 2.48. The van der Waals surface area contributed by atoms with E-state index in [9.17, 15) is 4.21 Å². The Hall–Kier alpha value is -2.26.